The number of hydrogen-bond acceptors (Lipinski definition) is 3. The molecule has 0 fully saturated rings. The predicted octanol–water partition coefficient (Wildman–Crippen LogP) is 3.67. The minimum absolute atomic E-state index is 0.368. The third-order valence-corrected chi connectivity index (χ3v) is 3.66. The number of nitrogens with one attached hydrogen (secondary N) is 1. The van der Waals surface area contributed by atoms with Crippen LogP contribution in [0.2, 0.25) is 0 Å². The molecule has 0 saturated heterocycles. The maximum Gasteiger partial charge on any atom is 0.412 e. The average molecular weight is 348 g/mol. The van der Waals surface area contributed by atoms with Crippen molar-refractivity contribution in [3.05, 3.63) is 58.1 Å². The highest BCUT2D eigenvalue weighted by Gasteiger charge is 2.18. The van der Waals surface area contributed by atoms with E-state index in [1.165, 1.54) is 0 Å². The predicted molar refractivity (Wildman–Crippen MR) is 82.6 cm³/mol. The highest BCUT2D eigenvalue weighted by atomic mass is 79.9. The number of para-hydroxylation sites is 1. The zero-order chi connectivity index (χ0) is 14.7. The van der Waals surface area contributed by atoms with Gasteiger partial charge in [0.25, 0.3) is 0 Å². The van der Waals surface area contributed by atoms with Crippen molar-refractivity contribution >= 4 is 22.0 Å². The number of hydrogen-bond donors (Lipinski definition) is 1. The molecule has 0 spiro atoms. The van der Waals surface area contributed by atoms with Crippen molar-refractivity contribution < 1.29 is 14.3 Å². The van der Waals surface area contributed by atoms with E-state index in [0.717, 1.165) is 27.8 Å². The zero-order valence-corrected chi connectivity index (χ0v) is 12.9. The van der Waals surface area contributed by atoms with Gasteiger partial charge < -0.3 is 14.8 Å². The molecular formula is C16H14BrNO3. The summed E-state index contributed by atoms with van der Waals surface area (Å²) < 4.78 is 11.8. The molecule has 1 aliphatic rings. The first-order valence-corrected chi connectivity index (χ1v) is 7.46. The lowest BCUT2D eigenvalue weighted by molar-refractivity contribution is 0.200. The van der Waals surface area contributed by atoms with Gasteiger partial charge in [-0.15, -0.1) is 0 Å². The van der Waals surface area contributed by atoms with E-state index < -0.39 is 6.09 Å². The molecule has 0 saturated carbocycles. The number of fused-ring (bicyclic) bond motifs is 1. The molecule has 0 atom stereocenters. The van der Waals surface area contributed by atoms with E-state index in [1.54, 1.807) is 12.1 Å². The number of carbonyl (C=O) groups excluding carboxylic acids is 1. The largest absolute Gasteiger partial charge is 0.493 e. The van der Waals surface area contributed by atoms with Crippen LogP contribution in [0.15, 0.2) is 46.9 Å². The molecule has 0 bridgehead atoms. The van der Waals surface area contributed by atoms with E-state index in [2.05, 4.69) is 21.2 Å². The lowest BCUT2D eigenvalue weighted by atomic mass is 10.1. The van der Waals surface area contributed by atoms with E-state index in [1.807, 2.05) is 30.3 Å². The van der Waals surface area contributed by atoms with Gasteiger partial charge in [-0.1, -0.05) is 34.1 Å². The van der Waals surface area contributed by atoms with Crippen LogP contribution in [0.5, 0.6) is 11.5 Å². The summed E-state index contributed by atoms with van der Waals surface area (Å²) in [7, 11) is 0. The molecule has 5 heteroatoms. The summed E-state index contributed by atoms with van der Waals surface area (Å²) in [6, 6.07) is 13.0. The molecule has 2 aromatic rings. The third kappa shape index (κ3) is 3.36. The SMILES string of the molecule is O=C(NCc1cc(Br)cc2c1OCC2)Oc1ccccc1. The molecule has 1 heterocycles. The summed E-state index contributed by atoms with van der Waals surface area (Å²) in [6.45, 7) is 1.06. The number of benzene rings is 2. The Bertz CT molecular complexity index is 658. The van der Waals surface area contributed by atoms with E-state index >= 15 is 0 Å². The molecule has 108 valence electrons. The van der Waals surface area contributed by atoms with Gasteiger partial charge in [-0.25, -0.2) is 4.79 Å². The smallest absolute Gasteiger partial charge is 0.412 e. The van der Waals surface area contributed by atoms with Gasteiger partial charge in [-0.3, -0.25) is 0 Å². The van der Waals surface area contributed by atoms with Gasteiger partial charge in [-0.05, 0) is 29.8 Å². The molecule has 1 aliphatic heterocycles. The Morgan fingerprint density at radius 3 is 2.90 bits per heavy atom. The van der Waals surface area contributed by atoms with Gasteiger partial charge in [0.1, 0.15) is 11.5 Å². The third-order valence-electron chi connectivity index (χ3n) is 3.20. The van der Waals surface area contributed by atoms with Gasteiger partial charge in [-0.2, -0.15) is 0 Å². The van der Waals surface area contributed by atoms with Crippen LogP contribution < -0.4 is 14.8 Å². The van der Waals surface area contributed by atoms with Crippen LogP contribution in [0, 0.1) is 0 Å². The Balaban J connectivity index is 1.64. The zero-order valence-electron chi connectivity index (χ0n) is 11.3. The number of rotatable bonds is 3. The molecule has 21 heavy (non-hydrogen) atoms. The van der Waals surface area contributed by atoms with Crippen LogP contribution >= 0.6 is 15.9 Å². The van der Waals surface area contributed by atoms with E-state index in [0.29, 0.717) is 18.9 Å². The first-order valence-electron chi connectivity index (χ1n) is 6.67. The lowest BCUT2D eigenvalue weighted by Gasteiger charge is -2.10. The molecular weight excluding hydrogens is 334 g/mol. The first kappa shape index (κ1) is 13.9. The Hall–Kier alpha value is -2.01. The fourth-order valence-electron chi connectivity index (χ4n) is 2.28. The second kappa shape index (κ2) is 6.18. The summed E-state index contributed by atoms with van der Waals surface area (Å²) in [5.41, 5.74) is 2.11. The molecule has 2 aromatic carbocycles. The minimum atomic E-state index is -0.479. The van der Waals surface area contributed by atoms with Crippen LogP contribution in [0.25, 0.3) is 0 Å². The van der Waals surface area contributed by atoms with E-state index in [4.69, 9.17) is 9.47 Å². The fraction of sp³-hybridized carbons (Fsp3) is 0.188. The molecule has 0 radical (unpaired) electrons. The van der Waals surface area contributed by atoms with Crippen molar-refractivity contribution in [1.82, 2.24) is 5.32 Å². The van der Waals surface area contributed by atoms with Crippen molar-refractivity contribution in [3.8, 4) is 11.5 Å². The van der Waals surface area contributed by atoms with Crippen molar-refractivity contribution in [2.75, 3.05) is 6.61 Å². The summed E-state index contributed by atoms with van der Waals surface area (Å²) in [4.78, 5) is 11.8. The monoisotopic (exact) mass is 347 g/mol. The Labute approximate surface area is 131 Å². The number of halogens is 1. The van der Waals surface area contributed by atoms with Crippen molar-refractivity contribution in [2.24, 2.45) is 0 Å². The van der Waals surface area contributed by atoms with Gasteiger partial charge in [0.15, 0.2) is 0 Å². The minimum Gasteiger partial charge on any atom is -0.493 e. The second-order valence-electron chi connectivity index (χ2n) is 4.71. The summed E-state index contributed by atoms with van der Waals surface area (Å²) in [6.07, 6.45) is 0.420. The number of ether oxygens (including phenoxy) is 2. The van der Waals surface area contributed by atoms with Crippen LogP contribution in [-0.2, 0) is 13.0 Å². The Morgan fingerprint density at radius 2 is 2.10 bits per heavy atom. The Morgan fingerprint density at radius 1 is 1.29 bits per heavy atom. The summed E-state index contributed by atoms with van der Waals surface area (Å²) in [5.74, 6) is 1.39. The highest BCUT2D eigenvalue weighted by molar-refractivity contribution is 9.10. The molecule has 3 rings (SSSR count). The topological polar surface area (TPSA) is 47.6 Å². The number of amides is 1. The van der Waals surface area contributed by atoms with Crippen LogP contribution in [0.1, 0.15) is 11.1 Å². The van der Waals surface area contributed by atoms with Crippen molar-refractivity contribution in [3.63, 3.8) is 0 Å². The molecule has 1 amide bonds. The molecule has 1 N–H and O–H groups in total. The molecule has 4 nitrogen and oxygen atoms in total. The van der Waals surface area contributed by atoms with E-state index in [-0.39, 0.29) is 0 Å². The quantitative estimate of drug-likeness (QED) is 0.921. The van der Waals surface area contributed by atoms with Crippen molar-refractivity contribution in [2.45, 2.75) is 13.0 Å². The first-order chi connectivity index (χ1) is 10.2. The van der Waals surface area contributed by atoms with Crippen LogP contribution in [-0.4, -0.2) is 12.7 Å². The summed E-state index contributed by atoms with van der Waals surface area (Å²) in [5, 5.41) is 2.74. The van der Waals surface area contributed by atoms with Crippen LogP contribution in [0.4, 0.5) is 4.79 Å². The van der Waals surface area contributed by atoms with E-state index in [9.17, 15) is 4.79 Å². The summed E-state index contributed by atoms with van der Waals surface area (Å²) >= 11 is 3.48. The lowest BCUT2D eigenvalue weighted by Crippen LogP contribution is -2.26. The molecule has 0 unspecified atom stereocenters. The molecule has 0 aromatic heterocycles. The Kier molecular flexibility index (Phi) is 4.10. The van der Waals surface area contributed by atoms with Gasteiger partial charge in [0, 0.05) is 23.0 Å². The van der Waals surface area contributed by atoms with Gasteiger partial charge in [0.05, 0.1) is 6.61 Å². The maximum absolute atomic E-state index is 11.8. The van der Waals surface area contributed by atoms with Crippen molar-refractivity contribution in [1.29, 1.82) is 0 Å². The number of carbonyl (C=O) groups is 1. The second-order valence-corrected chi connectivity index (χ2v) is 5.62. The average Bonchev–Trinajstić information content (AvgIpc) is 2.94. The van der Waals surface area contributed by atoms with Gasteiger partial charge >= 0.3 is 6.09 Å². The van der Waals surface area contributed by atoms with Crippen LogP contribution in [0.3, 0.4) is 0 Å². The maximum atomic E-state index is 11.8. The fourth-order valence-corrected chi connectivity index (χ4v) is 2.83. The highest BCUT2D eigenvalue weighted by Crippen LogP contribution is 2.32. The standard InChI is InChI=1S/C16H14BrNO3/c17-13-8-11-6-7-20-15(11)12(9-13)10-18-16(19)21-14-4-2-1-3-5-14/h1-5,8-9H,6-7,10H2,(H,18,19). The molecule has 0 aliphatic carbocycles. The van der Waals surface area contributed by atoms with Gasteiger partial charge in [0.2, 0.25) is 0 Å². The normalized spacial score (nSPS) is 12.4.